The third-order valence-corrected chi connectivity index (χ3v) is 6.30. The van der Waals surface area contributed by atoms with Gasteiger partial charge in [-0.2, -0.15) is 0 Å². The Morgan fingerprint density at radius 1 is 1.28 bits per heavy atom. The van der Waals surface area contributed by atoms with Gasteiger partial charge < -0.3 is 4.90 Å². The molecule has 3 amide bonds. The summed E-state index contributed by atoms with van der Waals surface area (Å²) in [6.07, 6.45) is 0.200. The van der Waals surface area contributed by atoms with Crippen LogP contribution in [0.25, 0.3) is 10.6 Å². The van der Waals surface area contributed by atoms with Gasteiger partial charge in [-0.15, -0.1) is 10.2 Å². The summed E-state index contributed by atoms with van der Waals surface area (Å²) in [5.74, 6) is -3.55. The fraction of sp³-hybridized carbons (Fsp3) is 0.476. The normalized spacial score (nSPS) is 17.6. The van der Waals surface area contributed by atoms with Crippen molar-refractivity contribution in [3.05, 3.63) is 30.3 Å². The van der Waals surface area contributed by atoms with Gasteiger partial charge in [-0.3, -0.25) is 24.9 Å². The number of halogens is 1. The van der Waals surface area contributed by atoms with E-state index in [4.69, 9.17) is 5.21 Å². The zero-order chi connectivity index (χ0) is 23.1. The van der Waals surface area contributed by atoms with Crippen molar-refractivity contribution >= 4 is 34.2 Å². The lowest BCUT2D eigenvalue weighted by Gasteiger charge is -2.29. The van der Waals surface area contributed by atoms with Crippen molar-refractivity contribution in [3.63, 3.8) is 0 Å². The molecule has 0 radical (unpaired) electrons. The van der Waals surface area contributed by atoms with Gasteiger partial charge in [0.2, 0.25) is 16.9 Å². The first-order chi connectivity index (χ1) is 15.5. The second-order valence-electron chi connectivity index (χ2n) is 7.58. The number of nitrogens with one attached hydrogen (secondary N) is 2. The SMILES string of the molecule is CCCC[C@@H](C(=O)N1CCCC1C(=O)Nc1nnc(-c2ccccc2)s1)[C@@H](F)C(=O)NO. The quantitative estimate of drug-likeness (QED) is 0.388. The van der Waals surface area contributed by atoms with Crippen LogP contribution in [0.15, 0.2) is 30.3 Å². The monoisotopic (exact) mass is 463 g/mol. The Bertz CT molecular complexity index is 941. The van der Waals surface area contributed by atoms with Crippen LogP contribution in [-0.2, 0) is 14.4 Å². The minimum Gasteiger partial charge on any atom is -0.330 e. The lowest BCUT2D eigenvalue weighted by molar-refractivity contribution is -0.148. The summed E-state index contributed by atoms with van der Waals surface area (Å²) in [5, 5.41) is 20.5. The molecule has 9 nitrogen and oxygen atoms in total. The average molecular weight is 464 g/mol. The Hall–Kier alpha value is -2.92. The lowest BCUT2D eigenvalue weighted by Crippen LogP contribution is -2.49. The third kappa shape index (κ3) is 5.46. The van der Waals surface area contributed by atoms with E-state index in [1.807, 2.05) is 37.3 Å². The summed E-state index contributed by atoms with van der Waals surface area (Å²) in [7, 11) is 0. The molecule has 3 N–H and O–H groups in total. The standard InChI is InChI=1S/C21H26FN5O4S/c1-2-3-10-14(16(22)18(29)26-31)20(30)27-12-7-11-15(27)17(28)23-21-25-24-19(32-21)13-8-5-4-6-9-13/h4-6,8-9,14-16,31H,2-3,7,10-12H2,1H3,(H,26,29)(H,23,25,28)/t14-,15?,16-/m1/s1. The van der Waals surface area contributed by atoms with Crippen LogP contribution >= 0.6 is 11.3 Å². The van der Waals surface area contributed by atoms with E-state index in [2.05, 4.69) is 15.5 Å². The molecule has 1 aromatic heterocycles. The number of alkyl halides is 1. The predicted octanol–water partition coefficient (Wildman–Crippen LogP) is 2.78. The second-order valence-corrected chi connectivity index (χ2v) is 8.56. The van der Waals surface area contributed by atoms with Gasteiger partial charge in [-0.05, 0) is 19.3 Å². The van der Waals surface area contributed by atoms with E-state index in [9.17, 15) is 18.8 Å². The maximum Gasteiger partial charge on any atom is 0.278 e. The van der Waals surface area contributed by atoms with Crippen LogP contribution in [0.2, 0.25) is 0 Å². The summed E-state index contributed by atoms with van der Waals surface area (Å²) in [4.78, 5) is 38.9. The largest absolute Gasteiger partial charge is 0.330 e. The van der Waals surface area contributed by atoms with E-state index in [0.29, 0.717) is 42.4 Å². The molecular formula is C21H26FN5O4S. The number of likely N-dealkylation sites (tertiary alicyclic amines) is 1. The summed E-state index contributed by atoms with van der Waals surface area (Å²) in [6, 6.07) is 8.62. The second kappa shape index (κ2) is 11.1. The van der Waals surface area contributed by atoms with Crippen LogP contribution < -0.4 is 10.8 Å². The van der Waals surface area contributed by atoms with Crippen LogP contribution in [0.3, 0.4) is 0 Å². The molecule has 2 aromatic rings. The van der Waals surface area contributed by atoms with Gasteiger partial charge in [0.05, 0.1) is 5.92 Å². The van der Waals surface area contributed by atoms with E-state index in [-0.39, 0.29) is 6.42 Å². The number of anilines is 1. The Morgan fingerprint density at radius 2 is 2.03 bits per heavy atom. The molecule has 0 bridgehead atoms. The fourth-order valence-electron chi connectivity index (χ4n) is 3.74. The van der Waals surface area contributed by atoms with Crippen LogP contribution in [0.1, 0.15) is 39.0 Å². The zero-order valence-electron chi connectivity index (χ0n) is 17.7. The minimum absolute atomic E-state index is 0.144. The van der Waals surface area contributed by atoms with Gasteiger partial charge in [0.15, 0.2) is 6.17 Å². The van der Waals surface area contributed by atoms with Crippen LogP contribution in [0.5, 0.6) is 0 Å². The molecule has 172 valence electrons. The van der Waals surface area contributed by atoms with E-state index >= 15 is 0 Å². The molecule has 2 heterocycles. The molecule has 1 fully saturated rings. The maximum absolute atomic E-state index is 14.6. The number of nitrogens with zero attached hydrogens (tertiary/aromatic N) is 3. The molecule has 1 aliphatic rings. The molecule has 32 heavy (non-hydrogen) atoms. The first-order valence-corrected chi connectivity index (χ1v) is 11.4. The molecule has 3 rings (SSSR count). The highest BCUT2D eigenvalue weighted by Crippen LogP contribution is 2.29. The molecule has 0 aliphatic carbocycles. The number of rotatable bonds is 9. The van der Waals surface area contributed by atoms with Gasteiger partial charge in [-0.25, -0.2) is 9.87 Å². The van der Waals surface area contributed by atoms with Crippen molar-refractivity contribution in [1.29, 1.82) is 0 Å². The van der Waals surface area contributed by atoms with Gasteiger partial charge in [0.1, 0.15) is 11.0 Å². The number of aromatic nitrogens is 2. The summed E-state index contributed by atoms with van der Waals surface area (Å²) in [5.41, 5.74) is 2.14. The van der Waals surface area contributed by atoms with Crippen LogP contribution in [-0.4, -0.2) is 56.8 Å². The van der Waals surface area contributed by atoms with Crippen molar-refractivity contribution in [3.8, 4) is 10.6 Å². The van der Waals surface area contributed by atoms with Gasteiger partial charge in [-0.1, -0.05) is 61.4 Å². The Labute approximate surface area is 189 Å². The number of carbonyl (C=O) groups is 3. The Kier molecular flexibility index (Phi) is 8.23. The zero-order valence-corrected chi connectivity index (χ0v) is 18.5. The van der Waals surface area contributed by atoms with E-state index < -0.39 is 35.9 Å². The molecule has 0 spiro atoms. The first kappa shape index (κ1) is 23.7. The molecule has 1 aliphatic heterocycles. The lowest BCUT2D eigenvalue weighted by atomic mass is 9.94. The van der Waals surface area contributed by atoms with E-state index in [0.717, 1.165) is 5.56 Å². The smallest absolute Gasteiger partial charge is 0.278 e. The fourth-order valence-corrected chi connectivity index (χ4v) is 4.49. The van der Waals surface area contributed by atoms with Gasteiger partial charge in [0, 0.05) is 12.1 Å². The molecule has 11 heteroatoms. The summed E-state index contributed by atoms with van der Waals surface area (Å²) >= 11 is 1.21. The maximum atomic E-state index is 14.6. The number of hydrogen-bond acceptors (Lipinski definition) is 7. The number of benzene rings is 1. The molecule has 1 aromatic carbocycles. The highest BCUT2D eigenvalue weighted by atomic mass is 32.1. The van der Waals surface area contributed by atoms with Crippen molar-refractivity contribution < 1.29 is 24.0 Å². The van der Waals surface area contributed by atoms with Crippen LogP contribution in [0, 0.1) is 5.92 Å². The van der Waals surface area contributed by atoms with Crippen molar-refractivity contribution in [2.24, 2.45) is 5.92 Å². The minimum atomic E-state index is -2.19. The van der Waals surface area contributed by atoms with Crippen molar-refractivity contribution in [1.82, 2.24) is 20.6 Å². The number of hydroxylamine groups is 1. The Balaban J connectivity index is 1.70. The van der Waals surface area contributed by atoms with Crippen molar-refractivity contribution in [2.45, 2.75) is 51.2 Å². The summed E-state index contributed by atoms with van der Waals surface area (Å²) < 4.78 is 14.6. The average Bonchev–Trinajstić information content (AvgIpc) is 3.49. The molecular weight excluding hydrogens is 437 g/mol. The van der Waals surface area contributed by atoms with Crippen LogP contribution in [0.4, 0.5) is 9.52 Å². The third-order valence-electron chi connectivity index (χ3n) is 5.41. The van der Waals surface area contributed by atoms with Gasteiger partial charge >= 0.3 is 0 Å². The molecule has 3 atom stereocenters. The first-order valence-electron chi connectivity index (χ1n) is 10.5. The summed E-state index contributed by atoms with van der Waals surface area (Å²) in [6.45, 7) is 2.18. The highest BCUT2D eigenvalue weighted by Gasteiger charge is 2.42. The van der Waals surface area contributed by atoms with Crippen molar-refractivity contribution in [2.75, 3.05) is 11.9 Å². The number of amides is 3. The van der Waals surface area contributed by atoms with Gasteiger partial charge in [0.25, 0.3) is 5.91 Å². The number of unbranched alkanes of at least 4 members (excludes halogenated alkanes) is 1. The molecule has 1 unspecified atom stereocenters. The predicted molar refractivity (Wildman–Crippen MR) is 117 cm³/mol. The topological polar surface area (TPSA) is 125 Å². The molecule has 1 saturated heterocycles. The number of hydrogen-bond donors (Lipinski definition) is 3. The highest BCUT2D eigenvalue weighted by molar-refractivity contribution is 7.18. The Morgan fingerprint density at radius 3 is 2.72 bits per heavy atom. The van der Waals surface area contributed by atoms with E-state index in [1.165, 1.54) is 21.7 Å². The number of carbonyl (C=O) groups excluding carboxylic acids is 3. The van der Waals surface area contributed by atoms with E-state index in [1.54, 1.807) is 0 Å². The molecule has 0 saturated carbocycles.